The Hall–Kier alpha value is -4.81. The van der Waals surface area contributed by atoms with Gasteiger partial charge in [0.15, 0.2) is 17.5 Å². The smallest absolute Gasteiger partial charge is 0.319 e. The molecule has 0 spiro atoms. The molecule has 0 bridgehead atoms. The number of nitrogens with zero attached hydrogens (tertiary/aromatic N) is 5. The fourth-order valence-corrected chi connectivity index (χ4v) is 4.59. The van der Waals surface area contributed by atoms with Crippen LogP contribution in [0.3, 0.4) is 0 Å². The second-order valence-corrected chi connectivity index (χ2v) is 9.59. The lowest BCUT2D eigenvalue weighted by Gasteiger charge is -2.15. The quantitative estimate of drug-likeness (QED) is 0.208. The molecule has 1 fully saturated rings. The number of amides is 2. The van der Waals surface area contributed by atoms with Crippen LogP contribution in [0.25, 0.3) is 11.5 Å². The molecule has 0 aliphatic heterocycles. The van der Waals surface area contributed by atoms with Crippen LogP contribution < -0.4 is 26.4 Å². The van der Waals surface area contributed by atoms with E-state index < -0.39 is 17.7 Å². The van der Waals surface area contributed by atoms with Gasteiger partial charge in [-0.25, -0.2) is 23.5 Å². The minimum Gasteiger partial charge on any atom is -0.494 e. The summed E-state index contributed by atoms with van der Waals surface area (Å²) in [6, 6.07) is 5.36. The maximum absolute atomic E-state index is 15.0. The average Bonchev–Trinajstić information content (AvgIpc) is 3.71. The Morgan fingerprint density at radius 3 is 2.49 bits per heavy atom. The van der Waals surface area contributed by atoms with Gasteiger partial charge in [0.1, 0.15) is 28.8 Å². The SMILES string of the molecule is CCNC(=O)Nc1c(N)nc(-c2nn(Cc3c(F)cc(OCC)cc3F)c(C3CC3)c2C)nc1Nc1ccncc1. The zero-order chi connectivity index (χ0) is 29.1. The zero-order valence-electron chi connectivity index (χ0n) is 23.0. The summed E-state index contributed by atoms with van der Waals surface area (Å²) < 4.78 is 36.8. The van der Waals surface area contributed by atoms with Crippen LogP contribution in [0.1, 0.15) is 49.4 Å². The van der Waals surface area contributed by atoms with Gasteiger partial charge in [-0.1, -0.05) is 0 Å². The van der Waals surface area contributed by atoms with E-state index in [1.54, 1.807) is 43.1 Å². The van der Waals surface area contributed by atoms with E-state index in [9.17, 15) is 13.6 Å². The van der Waals surface area contributed by atoms with Crippen molar-refractivity contribution in [3.05, 3.63) is 65.1 Å². The van der Waals surface area contributed by atoms with E-state index in [4.69, 9.17) is 15.6 Å². The van der Waals surface area contributed by atoms with Crippen LogP contribution in [0.5, 0.6) is 5.75 Å². The van der Waals surface area contributed by atoms with Crippen LogP contribution in [-0.2, 0) is 6.54 Å². The Morgan fingerprint density at radius 2 is 1.85 bits per heavy atom. The Morgan fingerprint density at radius 1 is 1.15 bits per heavy atom. The third-order valence-electron chi connectivity index (χ3n) is 6.60. The molecule has 5 N–H and O–H groups in total. The molecule has 3 aromatic heterocycles. The van der Waals surface area contributed by atoms with Crippen molar-refractivity contribution in [3.63, 3.8) is 0 Å². The summed E-state index contributed by atoms with van der Waals surface area (Å²) in [6.07, 6.45) is 5.09. The second kappa shape index (κ2) is 11.7. The molecule has 13 heteroatoms. The van der Waals surface area contributed by atoms with Crippen LogP contribution >= 0.6 is 0 Å². The first-order valence-electron chi connectivity index (χ1n) is 13.4. The molecule has 2 amide bonds. The number of aromatic nitrogens is 5. The highest BCUT2D eigenvalue weighted by molar-refractivity contribution is 5.96. The van der Waals surface area contributed by atoms with Crippen molar-refractivity contribution in [1.82, 2.24) is 30.0 Å². The van der Waals surface area contributed by atoms with E-state index in [1.807, 2.05) is 6.92 Å². The number of urea groups is 1. The Balaban J connectivity index is 1.57. The van der Waals surface area contributed by atoms with Gasteiger partial charge < -0.3 is 26.4 Å². The van der Waals surface area contributed by atoms with Crippen molar-refractivity contribution < 1.29 is 18.3 Å². The van der Waals surface area contributed by atoms with Crippen molar-refractivity contribution in [2.75, 3.05) is 29.5 Å². The van der Waals surface area contributed by atoms with E-state index in [1.165, 1.54) is 12.1 Å². The standard InChI is InChI=1S/C28H31F2N9O2/c1-4-33-28(40)35-23-25(31)36-26(37-27(23)34-17-8-10-32-11-9-17)22-15(3)24(16-6-7-16)39(38-22)14-19-20(29)12-18(41-5-2)13-21(19)30/h8-13,16H,4-7,14H2,1-3H3,(H2,33,35,40)(H3,31,32,34,36,37). The summed E-state index contributed by atoms with van der Waals surface area (Å²) in [6.45, 7) is 6.01. The third kappa shape index (κ3) is 6.03. The van der Waals surface area contributed by atoms with Gasteiger partial charge in [-0.15, -0.1) is 0 Å². The van der Waals surface area contributed by atoms with E-state index >= 15 is 0 Å². The van der Waals surface area contributed by atoms with Gasteiger partial charge in [0.2, 0.25) is 0 Å². The molecule has 41 heavy (non-hydrogen) atoms. The highest BCUT2D eigenvalue weighted by Crippen LogP contribution is 2.44. The maximum atomic E-state index is 15.0. The molecule has 1 aliphatic carbocycles. The number of ether oxygens (including phenoxy) is 1. The number of hydrogen-bond acceptors (Lipinski definition) is 8. The molecular formula is C28H31F2N9O2. The zero-order valence-corrected chi connectivity index (χ0v) is 23.0. The van der Waals surface area contributed by atoms with Crippen molar-refractivity contribution in [3.8, 4) is 17.3 Å². The van der Waals surface area contributed by atoms with Gasteiger partial charge in [-0.3, -0.25) is 9.67 Å². The van der Waals surface area contributed by atoms with Crippen molar-refractivity contribution in [2.24, 2.45) is 0 Å². The fraction of sp³-hybridized carbons (Fsp3) is 0.321. The van der Waals surface area contributed by atoms with E-state index in [0.717, 1.165) is 24.1 Å². The summed E-state index contributed by atoms with van der Waals surface area (Å²) in [7, 11) is 0. The monoisotopic (exact) mass is 563 g/mol. The molecule has 5 rings (SSSR count). The van der Waals surface area contributed by atoms with Crippen molar-refractivity contribution >= 4 is 29.0 Å². The molecule has 1 saturated carbocycles. The van der Waals surface area contributed by atoms with Crippen molar-refractivity contribution in [2.45, 2.75) is 46.1 Å². The third-order valence-corrected chi connectivity index (χ3v) is 6.60. The number of carbonyl (C=O) groups excluding carboxylic acids is 1. The summed E-state index contributed by atoms with van der Waals surface area (Å²) in [5.74, 6) is -0.629. The summed E-state index contributed by atoms with van der Waals surface area (Å²) >= 11 is 0. The van der Waals surface area contributed by atoms with E-state index in [0.29, 0.717) is 24.5 Å². The fourth-order valence-electron chi connectivity index (χ4n) is 4.59. The van der Waals surface area contributed by atoms with Crippen molar-refractivity contribution in [1.29, 1.82) is 0 Å². The predicted molar refractivity (Wildman–Crippen MR) is 151 cm³/mol. The van der Waals surface area contributed by atoms with Gasteiger partial charge in [0.25, 0.3) is 0 Å². The lowest BCUT2D eigenvalue weighted by molar-refractivity contribution is 0.252. The lowest BCUT2D eigenvalue weighted by Crippen LogP contribution is -2.29. The Bertz CT molecular complexity index is 1550. The number of carbonyl (C=O) groups is 1. The van der Waals surface area contributed by atoms with E-state index in [2.05, 4.69) is 30.9 Å². The normalized spacial score (nSPS) is 12.7. The molecule has 0 unspecified atom stereocenters. The number of nitrogen functional groups attached to an aromatic ring is 1. The van der Waals surface area contributed by atoms with Crippen LogP contribution in [0.15, 0.2) is 36.7 Å². The summed E-state index contributed by atoms with van der Waals surface area (Å²) in [5.41, 5.74) is 9.14. The minimum atomic E-state index is -0.713. The molecule has 4 aromatic rings. The highest BCUT2D eigenvalue weighted by Gasteiger charge is 2.33. The van der Waals surface area contributed by atoms with Crippen LogP contribution in [0.2, 0.25) is 0 Å². The number of anilines is 4. The summed E-state index contributed by atoms with van der Waals surface area (Å²) in [5, 5.41) is 13.2. The van der Waals surface area contributed by atoms with Crippen LogP contribution in [0.4, 0.5) is 36.6 Å². The Kier molecular flexibility index (Phi) is 7.95. The number of benzene rings is 1. The van der Waals surface area contributed by atoms with E-state index in [-0.39, 0.29) is 46.9 Å². The number of nitrogens with one attached hydrogen (secondary N) is 3. The van der Waals surface area contributed by atoms with Gasteiger partial charge >= 0.3 is 6.03 Å². The molecule has 1 aliphatic rings. The topological polar surface area (TPSA) is 145 Å². The van der Waals surface area contributed by atoms with Gasteiger partial charge in [0.05, 0.1) is 13.2 Å². The molecule has 0 saturated heterocycles. The number of rotatable bonds is 10. The molecule has 3 heterocycles. The average molecular weight is 564 g/mol. The number of hydrogen-bond donors (Lipinski definition) is 4. The molecule has 0 atom stereocenters. The number of halogens is 2. The number of nitrogens with two attached hydrogens (primary N) is 1. The first-order valence-corrected chi connectivity index (χ1v) is 13.4. The van der Waals surface area contributed by atoms with Gasteiger partial charge in [-0.2, -0.15) is 5.10 Å². The lowest BCUT2D eigenvalue weighted by atomic mass is 10.1. The Labute approximate surface area is 235 Å². The minimum absolute atomic E-state index is 0.0170. The largest absolute Gasteiger partial charge is 0.494 e. The predicted octanol–water partition coefficient (Wildman–Crippen LogP) is 5.11. The molecular weight excluding hydrogens is 532 g/mol. The first-order chi connectivity index (χ1) is 19.8. The van der Waals surface area contributed by atoms with Crippen LogP contribution in [0, 0.1) is 18.6 Å². The first kappa shape index (κ1) is 27.7. The molecule has 11 nitrogen and oxygen atoms in total. The second-order valence-electron chi connectivity index (χ2n) is 9.59. The van der Waals surface area contributed by atoms with Crippen LogP contribution in [-0.4, -0.2) is 43.9 Å². The molecule has 0 radical (unpaired) electrons. The van der Waals surface area contributed by atoms with Gasteiger partial charge in [-0.05, 0) is 45.7 Å². The summed E-state index contributed by atoms with van der Waals surface area (Å²) in [4.78, 5) is 25.5. The maximum Gasteiger partial charge on any atom is 0.319 e. The molecule has 1 aromatic carbocycles. The number of pyridine rings is 1. The highest BCUT2D eigenvalue weighted by atomic mass is 19.1. The van der Waals surface area contributed by atoms with Gasteiger partial charge in [0, 0.05) is 59.5 Å². The molecule has 214 valence electrons.